The van der Waals surface area contributed by atoms with Crippen molar-refractivity contribution in [1.29, 1.82) is 0 Å². The normalized spacial score (nSPS) is 30.1. The van der Waals surface area contributed by atoms with E-state index in [9.17, 15) is 37.1 Å². The van der Waals surface area contributed by atoms with Gasteiger partial charge < -0.3 is 25.2 Å². The van der Waals surface area contributed by atoms with Gasteiger partial charge in [-0.2, -0.15) is 13.2 Å². The fourth-order valence-corrected chi connectivity index (χ4v) is 6.28. The number of rotatable bonds is 8. The third kappa shape index (κ3) is 5.72. The molecular formula is C28H36F4N2O6. The Kier molecular flexibility index (Phi) is 8.03. The molecular weight excluding hydrogens is 536 g/mol. The van der Waals surface area contributed by atoms with E-state index >= 15 is 0 Å². The maximum atomic E-state index is 14.9. The molecule has 0 heterocycles. The molecule has 0 spiro atoms. The van der Waals surface area contributed by atoms with Crippen molar-refractivity contribution >= 4 is 17.8 Å². The predicted molar refractivity (Wildman–Crippen MR) is 135 cm³/mol. The number of aliphatic carboxylic acids is 1. The van der Waals surface area contributed by atoms with Gasteiger partial charge in [0.1, 0.15) is 11.3 Å². The van der Waals surface area contributed by atoms with Gasteiger partial charge in [0.25, 0.3) is 5.91 Å². The Morgan fingerprint density at radius 3 is 2.23 bits per heavy atom. The molecule has 3 aliphatic carbocycles. The first-order valence-electron chi connectivity index (χ1n) is 13.5. The van der Waals surface area contributed by atoms with Gasteiger partial charge in [-0.1, -0.05) is 0 Å². The Balaban J connectivity index is 1.51. The largest absolute Gasteiger partial charge is 0.496 e. The highest BCUT2D eigenvalue weighted by molar-refractivity contribution is 5.98. The highest BCUT2D eigenvalue weighted by atomic mass is 19.4. The summed E-state index contributed by atoms with van der Waals surface area (Å²) in [5.74, 6) is -4.40. The summed E-state index contributed by atoms with van der Waals surface area (Å²) in [5, 5.41) is 14.4. The van der Waals surface area contributed by atoms with E-state index in [1.807, 2.05) is 0 Å². The molecule has 0 radical (unpaired) electrons. The number of carboxylic acids is 1. The maximum Gasteiger partial charge on any atom is 0.410 e. The van der Waals surface area contributed by atoms with E-state index in [1.165, 1.54) is 13.2 Å². The minimum atomic E-state index is -4.65. The van der Waals surface area contributed by atoms with E-state index in [4.69, 9.17) is 9.47 Å². The molecule has 40 heavy (non-hydrogen) atoms. The van der Waals surface area contributed by atoms with Crippen LogP contribution in [0.4, 0.5) is 17.6 Å². The second-order valence-electron chi connectivity index (χ2n) is 12.1. The lowest BCUT2D eigenvalue weighted by Crippen LogP contribution is -2.59. The number of methoxy groups -OCH3 is 1. The van der Waals surface area contributed by atoms with Gasteiger partial charge in [-0.15, -0.1) is 0 Å². The van der Waals surface area contributed by atoms with Crippen molar-refractivity contribution in [3.05, 3.63) is 23.5 Å². The average Bonchev–Trinajstić information content (AvgIpc) is 3.47. The SMILES string of the molecule is COc1cc(F)c(OC2CCC(C)(C(=O)O)CC2)cc1C(=O)NC1C2CCC(C2)C1C(=O)NC(C)(C)C(F)(F)F. The van der Waals surface area contributed by atoms with E-state index < -0.39 is 58.8 Å². The first-order chi connectivity index (χ1) is 18.6. The summed E-state index contributed by atoms with van der Waals surface area (Å²) in [7, 11) is 1.27. The molecule has 4 unspecified atom stereocenters. The van der Waals surface area contributed by atoms with Crippen molar-refractivity contribution in [2.45, 2.75) is 89.6 Å². The fraction of sp³-hybridized carbons (Fsp3) is 0.679. The number of nitrogens with one attached hydrogen (secondary N) is 2. The number of halogens is 4. The Bertz CT molecular complexity index is 1160. The Morgan fingerprint density at radius 2 is 1.65 bits per heavy atom. The lowest BCUT2D eigenvalue weighted by atomic mass is 9.75. The van der Waals surface area contributed by atoms with Gasteiger partial charge in [0.15, 0.2) is 11.6 Å². The molecule has 2 amide bonds. The molecule has 1 aromatic carbocycles. The number of ether oxygens (including phenoxy) is 2. The Labute approximate surface area is 230 Å². The molecule has 1 aromatic rings. The van der Waals surface area contributed by atoms with Crippen LogP contribution >= 0.6 is 0 Å². The molecule has 8 nitrogen and oxygen atoms in total. The van der Waals surface area contributed by atoms with E-state index in [0.29, 0.717) is 38.5 Å². The first kappa shape index (κ1) is 29.9. The van der Waals surface area contributed by atoms with Crippen LogP contribution in [0.25, 0.3) is 0 Å². The molecule has 3 aliphatic rings. The molecule has 4 rings (SSSR count). The predicted octanol–water partition coefficient (Wildman–Crippen LogP) is 4.85. The number of carbonyl (C=O) groups is 3. The number of amides is 2. The summed E-state index contributed by atoms with van der Waals surface area (Å²) >= 11 is 0. The standard InChI is InChI=1S/C28H36F4N2O6/c1-26(2,28(30,31)32)34-24(36)21-14-5-6-15(11-14)22(21)33-23(35)17-12-20(18(29)13-19(17)39-4)40-16-7-9-27(3,10-8-16)25(37)38/h12-16,21-22H,5-11H2,1-4H3,(H,33,35)(H,34,36)(H,37,38). The van der Waals surface area contributed by atoms with Crippen molar-refractivity contribution in [3.63, 3.8) is 0 Å². The monoisotopic (exact) mass is 572 g/mol. The number of benzene rings is 1. The molecule has 222 valence electrons. The fourth-order valence-electron chi connectivity index (χ4n) is 6.28. The molecule has 0 aliphatic heterocycles. The van der Waals surface area contributed by atoms with E-state index in [-0.39, 0.29) is 28.9 Å². The summed E-state index contributed by atoms with van der Waals surface area (Å²) in [4.78, 5) is 38.0. The van der Waals surface area contributed by atoms with Crippen LogP contribution in [-0.4, -0.2) is 53.9 Å². The van der Waals surface area contributed by atoms with E-state index in [0.717, 1.165) is 26.3 Å². The van der Waals surface area contributed by atoms with Gasteiger partial charge in [0.2, 0.25) is 5.91 Å². The van der Waals surface area contributed by atoms with Gasteiger partial charge in [0, 0.05) is 12.1 Å². The molecule has 4 atom stereocenters. The van der Waals surface area contributed by atoms with Gasteiger partial charge in [-0.25, -0.2) is 4.39 Å². The number of carbonyl (C=O) groups excluding carboxylic acids is 2. The average molecular weight is 573 g/mol. The van der Waals surface area contributed by atoms with Crippen LogP contribution in [0, 0.1) is 29.0 Å². The molecule has 0 saturated heterocycles. The van der Waals surface area contributed by atoms with Gasteiger partial charge >= 0.3 is 12.1 Å². The highest BCUT2D eigenvalue weighted by Crippen LogP contribution is 2.49. The molecule has 3 N–H and O–H groups in total. The number of hydrogen-bond donors (Lipinski definition) is 3. The minimum absolute atomic E-state index is 0.0392. The Hall–Kier alpha value is -3.05. The number of hydrogen-bond acceptors (Lipinski definition) is 5. The number of alkyl halides is 3. The van der Waals surface area contributed by atoms with Crippen LogP contribution in [0.15, 0.2) is 12.1 Å². The smallest absolute Gasteiger partial charge is 0.410 e. The van der Waals surface area contributed by atoms with E-state index in [2.05, 4.69) is 10.6 Å². The van der Waals surface area contributed by atoms with Gasteiger partial charge in [0.05, 0.1) is 30.1 Å². The van der Waals surface area contributed by atoms with Crippen molar-refractivity contribution < 1.29 is 46.5 Å². The Morgan fingerprint density at radius 1 is 1.02 bits per heavy atom. The second-order valence-corrected chi connectivity index (χ2v) is 12.1. The topological polar surface area (TPSA) is 114 Å². The van der Waals surface area contributed by atoms with Crippen LogP contribution in [-0.2, 0) is 9.59 Å². The third-order valence-electron chi connectivity index (χ3n) is 9.01. The number of fused-ring (bicyclic) bond motifs is 2. The third-order valence-corrected chi connectivity index (χ3v) is 9.01. The molecule has 2 bridgehead atoms. The van der Waals surface area contributed by atoms with Crippen LogP contribution in [0.1, 0.15) is 76.1 Å². The quantitative estimate of drug-likeness (QED) is 0.384. The van der Waals surface area contributed by atoms with Crippen LogP contribution in [0.3, 0.4) is 0 Å². The zero-order valence-electron chi connectivity index (χ0n) is 23.0. The minimum Gasteiger partial charge on any atom is -0.496 e. The molecule has 12 heteroatoms. The summed E-state index contributed by atoms with van der Waals surface area (Å²) in [6, 6.07) is 1.54. The summed E-state index contributed by atoms with van der Waals surface area (Å²) < 4.78 is 66.2. The lowest BCUT2D eigenvalue weighted by molar-refractivity contribution is -0.189. The van der Waals surface area contributed by atoms with E-state index in [1.54, 1.807) is 6.92 Å². The van der Waals surface area contributed by atoms with Crippen molar-refractivity contribution in [2.24, 2.45) is 23.2 Å². The van der Waals surface area contributed by atoms with Crippen LogP contribution in [0.5, 0.6) is 11.5 Å². The zero-order valence-corrected chi connectivity index (χ0v) is 23.0. The molecule has 0 aromatic heterocycles. The van der Waals surface area contributed by atoms with Crippen LogP contribution in [0.2, 0.25) is 0 Å². The lowest BCUT2D eigenvalue weighted by Gasteiger charge is -2.35. The van der Waals surface area contributed by atoms with Crippen molar-refractivity contribution in [2.75, 3.05) is 7.11 Å². The maximum absolute atomic E-state index is 14.9. The number of carboxylic acid groups (broad SMARTS) is 1. The summed E-state index contributed by atoms with van der Waals surface area (Å²) in [5.41, 5.74) is -3.35. The zero-order chi connectivity index (χ0) is 29.6. The van der Waals surface area contributed by atoms with Gasteiger partial charge in [-0.05, 0) is 83.6 Å². The molecule has 3 saturated carbocycles. The van der Waals surface area contributed by atoms with Crippen molar-refractivity contribution in [1.82, 2.24) is 10.6 Å². The summed E-state index contributed by atoms with van der Waals surface area (Å²) in [6.45, 7) is 3.45. The highest BCUT2D eigenvalue weighted by Gasteiger charge is 2.55. The second kappa shape index (κ2) is 10.7. The molecule has 3 fully saturated rings. The first-order valence-corrected chi connectivity index (χ1v) is 13.5. The van der Waals surface area contributed by atoms with Gasteiger partial charge in [-0.3, -0.25) is 14.4 Å². The summed E-state index contributed by atoms with van der Waals surface area (Å²) in [6.07, 6.45) is -1.56. The van der Waals surface area contributed by atoms with Crippen LogP contribution < -0.4 is 20.1 Å². The van der Waals surface area contributed by atoms with Crippen molar-refractivity contribution in [3.8, 4) is 11.5 Å².